The molecule has 4 rings (SSSR count). The summed E-state index contributed by atoms with van der Waals surface area (Å²) in [5.74, 6) is 0.761. The summed E-state index contributed by atoms with van der Waals surface area (Å²) in [6.07, 6.45) is 10.3. The lowest BCUT2D eigenvalue weighted by molar-refractivity contribution is -0.374. The van der Waals surface area contributed by atoms with E-state index in [1.807, 2.05) is 0 Å². The fourth-order valence-electron chi connectivity index (χ4n) is 5.47. The smallest absolute Gasteiger partial charge is 0.343 e. The van der Waals surface area contributed by atoms with Gasteiger partial charge in [0.2, 0.25) is 0 Å². The lowest BCUT2D eigenvalue weighted by Gasteiger charge is -2.33. The van der Waals surface area contributed by atoms with Crippen LogP contribution in [0.5, 0.6) is 0 Å². The Morgan fingerprint density at radius 2 is 1.23 bits per heavy atom. The van der Waals surface area contributed by atoms with Crippen LogP contribution in [0.2, 0.25) is 0 Å². The predicted molar refractivity (Wildman–Crippen MR) is 93.3 cm³/mol. The zero-order valence-corrected chi connectivity index (χ0v) is 15.4. The minimum absolute atomic E-state index is 0.106. The first-order valence-electron chi connectivity index (χ1n) is 10.1. The molecule has 6 atom stereocenters. The molecular weight excluding hydrogens is 341 g/mol. The Hall–Kier alpha value is -0.810. The first-order valence-corrected chi connectivity index (χ1v) is 10.1. The highest BCUT2D eigenvalue weighted by Crippen LogP contribution is 2.46. The van der Waals surface area contributed by atoms with Gasteiger partial charge in [0.15, 0.2) is 0 Å². The van der Waals surface area contributed by atoms with Crippen molar-refractivity contribution in [1.29, 1.82) is 0 Å². The molecule has 0 aromatic rings. The number of halogens is 3. The van der Waals surface area contributed by atoms with E-state index in [-0.39, 0.29) is 13.2 Å². The third-order valence-electron chi connectivity index (χ3n) is 7.08. The molecule has 146 valence electrons. The van der Waals surface area contributed by atoms with Crippen LogP contribution >= 0.6 is 0 Å². The topological polar surface area (TPSA) is 18.5 Å². The van der Waals surface area contributed by atoms with Gasteiger partial charge >= 0.3 is 6.18 Å². The number of allylic oxidation sites excluding steroid dienone is 4. The van der Waals surface area contributed by atoms with Crippen molar-refractivity contribution in [2.24, 2.45) is 35.5 Å². The Labute approximate surface area is 153 Å². The maximum atomic E-state index is 13.5. The van der Waals surface area contributed by atoms with Crippen molar-refractivity contribution in [3.8, 4) is 0 Å². The number of ether oxygens (including phenoxy) is 2. The first-order chi connectivity index (χ1) is 12.3. The molecule has 2 nitrogen and oxygen atoms in total. The minimum atomic E-state index is -4.52. The van der Waals surface area contributed by atoms with Gasteiger partial charge in [0.1, 0.15) is 0 Å². The van der Waals surface area contributed by atoms with Crippen molar-refractivity contribution < 1.29 is 22.6 Å². The summed E-state index contributed by atoms with van der Waals surface area (Å²) in [7, 11) is 0. The van der Waals surface area contributed by atoms with Gasteiger partial charge < -0.3 is 9.47 Å². The Morgan fingerprint density at radius 3 is 1.54 bits per heavy atom. The van der Waals surface area contributed by atoms with Gasteiger partial charge in [-0.1, -0.05) is 24.3 Å². The molecule has 0 radical (unpaired) electrons. The van der Waals surface area contributed by atoms with Crippen LogP contribution in [0.15, 0.2) is 24.3 Å². The summed E-state index contributed by atoms with van der Waals surface area (Å²) in [6.45, 7) is 1.25. The summed E-state index contributed by atoms with van der Waals surface area (Å²) in [6, 6.07) is 0. The molecule has 0 heterocycles. The highest BCUT2D eigenvalue weighted by atomic mass is 19.4. The second-order valence-electron chi connectivity index (χ2n) is 8.80. The maximum absolute atomic E-state index is 13.5. The summed E-state index contributed by atoms with van der Waals surface area (Å²) >= 11 is 0. The fraction of sp³-hybridized carbons (Fsp3) is 0.810. The van der Waals surface area contributed by atoms with Gasteiger partial charge in [0, 0.05) is 0 Å². The molecule has 0 aliphatic heterocycles. The second kappa shape index (κ2) is 6.97. The van der Waals surface area contributed by atoms with Crippen molar-refractivity contribution in [1.82, 2.24) is 0 Å². The van der Waals surface area contributed by atoms with Crippen molar-refractivity contribution >= 4 is 0 Å². The minimum Gasteiger partial charge on any atom is -0.343 e. The van der Waals surface area contributed by atoms with E-state index < -0.39 is 12.0 Å². The van der Waals surface area contributed by atoms with E-state index in [0.29, 0.717) is 48.3 Å². The summed E-state index contributed by atoms with van der Waals surface area (Å²) in [4.78, 5) is 0. The van der Waals surface area contributed by atoms with E-state index in [0.717, 1.165) is 32.6 Å². The van der Waals surface area contributed by atoms with Crippen LogP contribution in [0.1, 0.15) is 45.4 Å². The Balaban J connectivity index is 1.24. The summed E-state index contributed by atoms with van der Waals surface area (Å²) < 4.78 is 51.2. The van der Waals surface area contributed by atoms with Gasteiger partial charge in [0.25, 0.3) is 5.79 Å². The van der Waals surface area contributed by atoms with E-state index in [1.165, 1.54) is 0 Å². The number of rotatable bonds is 8. The standard InChI is InChI=1S/C21H29F3O2/c1-20(21(22,23)24,25-8-6-18-12-14-2-4-16(18)10-14)26-9-7-19-13-15-3-5-17(19)11-15/h2-5,14-19H,6-13H2,1H3. The maximum Gasteiger partial charge on any atom is 0.442 e. The van der Waals surface area contributed by atoms with Gasteiger partial charge in [-0.05, 0) is 81.0 Å². The molecule has 0 N–H and O–H groups in total. The molecule has 0 saturated heterocycles. The SMILES string of the molecule is CC(OCCC1CC2C=CC1C2)(OCCC1CC2C=CC1C2)C(F)(F)F. The Kier molecular flexibility index (Phi) is 4.98. The normalized spacial score (nSPS) is 39.8. The van der Waals surface area contributed by atoms with Crippen LogP contribution in [0.4, 0.5) is 13.2 Å². The van der Waals surface area contributed by atoms with Crippen LogP contribution < -0.4 is 0 Å². The first kappa shape index (κ1) is 18.5. The number of alkyl halides is 3. The fourth-order valence-corrected chi connectivity index (χ4v) is 5.47. The van der Waals surface area contributed by atoms with Gasteiger partial charge in [-0.25, -0.2) is 0 Å². The zero-order valence-electron chi connectivity index (χ0n) is 15.4. The lowest BCUT2D eigenvalue weighted by atomic mass is 9.91. The summed E-state index contributed by atoms with van der Waals surface area (Å²) in [5.41, 5.74) is 0. The average molecular weight is 370 g/mol. The van der Waals surface area contributed by atoms with Crippen molar-refractivity contribution in [2.45, 2.75) is 57.4 Å². The van der Waals surface area contributed by atoms with E-state index in [2.05, 4.69) is 24.3 Å². The molecule has 4 aliphatic carbocycles. The van der Waals surface area contributed by atoms with Gasteiger partial charge in [-0.2, -0.15) is 13.2 Å². The molecule has 0 spiro atoms. The predicted octanol–water partition coefficient (Wildman–Crippen LogP) is 5.50. The van der Waals surface area contributed by atoms with Crippen molar-refractivity contribution in [3.63, 3.8) is 0 Å². The third kappa shape index (κ3) is 3.62. The molecule has 0 amide bonds. The van der Waals surface area contributed by atoms with E-state index in [4.69, 9.17) is 9.47 Å². The lowest BCUT2D eigenvalue weighted by Crippen LogP contribution is -2.48. The molecule has 4 bridgehead atoms. The van der Waals surface area contributed by atoms with Crippen molar-refractivity contribution in [2.75, 3.05) is 13.2 Å². The van der Waals surface area contributed by atoms with Gasteiger partial charge in [-0.3, -0.25) is 0 Å². The van der Waals surface area contributed by atoms with E-state index in [9.17, 15) is 13.2 Å². The Bertz CT molecular complexity index is 528. The van der Waals surface area contributed by atoms with Crippen LogP contribution in [0.25, 0.3) is 0 Å². The van der Waals surface area contributed by atoms with Crippen LogP contribution in [0.3, 0.4) is 0 Å². The number of hydrogen-bond acceptors (Lipinski definition) is 2. The van der Waals surface area contributed by atoms with Gasteiger partial charge in [-0.15, -0.1) is 0 Å². The van der Waals surface area contributed by atoms with Crippen LogP contribution in [0, 0.1) is 35.5 Å². The molecule has 4 aliphatic rings. The monoisotopic (exact) mass is 370 g/mol. The molecule has 5 heteroatoms. The largest absolute Gasteiger partial charge is 0.442 e. The van der Waals surface area contributed by atoms with Crippen LogP contribution in [-0.2, 0) is 9.47 Å². The molecular formula is C21H29F3O2. The molecule has 0 aromatic carbocycles. The van der Waals surface area contributed by atoms with E-state index >= 15 is 0 Å². The molecule has 2 saturated carbocycles. The Morgan fingerprint density at radius 1 is 0.769 bits per heavy atom. The highest BCUT2D eigenvalue weighted by Gasteiger charge is 2.54. The highest BCUT2D eigenvalue weighted by molar-refractivity contribution is 5.10. The molecule has 2 fully saturated rings. The number of hydrogen-bond donors (Lipinski definition) is 0. The summed E-state index contributed by atoms with van der Waals surface area (Å²) in [5, 5.41) is 0. The third-order valence-corrected chi connectivity index (χ3v) is 7.08. The van der Waals surface area contributed by atoms with E-state index in [1.54, 1.807) is 0 Å². The average Bonchev–Trinajstić information content (AvgIpc) is 3.35. The quantitative estimate of drug-likeness (QED) is 0.415. The molecule has 26 heavy (non-hydrogen) atoms. The zero-order chi connectivity index (χ0) is 18.4. The molecule has 6 unspecified atom stereocenters. The second-order valence-corrected chi connectivity index (χ2v) is 8.80. The number of fused-ring (bicyclic) bond motifs is 4. The van der Waals surface area contributed by atoms with Crippen LogP contribution in [-0.4, -0.2) is 25.2 Å². The van der Waals surface area contributed by atoms with Crippen molar-refractivity contribution in [3.05, 3.63) is 24.3 Å². The molecule has 0 aromatic heterocycles. The van der Waals surface area contributed by atoms with Gasteiger partial charge in [0.05, 0.1) is 13.2 Å².